The van der Waals surface area contributed by atoms with E-state index in [1.807, 2.05) is 32.0 Å². The number of hydrogen-bond acceptors (Lipinski definition) is 3. The lowest BCUT2D eigenvalue weighted by Gasteiger charge is -2.30. The summed E-state index contributed by atoms with van der Waals surface area (Å²) in [5, 5.41) is 4.05. The van der Waals surface area contributed by atoms with Gasteiger partial charge in [-0.2, -0.15) is 0 Å². The van der Waals surface area contributed by atoms with E-state index in [0.29, 0.717) is 40.5 Å². The highest BCUT2D eigenvalue weighted by molar-refractivity contribution is 6.30. The summed E-state index contributed by atoms with van der Waals surface area (Å²) in [4.78, 5) is 32.6. The quantitative estimate of drug-likeness (QED) is 0.545. The van der Waals surface area contributed by atoms with E-state index >= 15 is 0 Å². The zero-order chi connectivity index (χ0) is 21.7. The molecule has 0 fully saturated rings. The second kappa shape index (κ2) is 9.76. The van der Waals surface area contributed by atoms with E-state index < -0.39 is 0 Å². The summed E-state index contributed by atoms with van der Waals surface area (Å²) in [7, 11) is 0. The number of rotatable bonds is 7. The average molecular weight is 427 g/mol. The minimum atomic E-state index is -0.381. The molecule has 1 atom stereocenters. The van der Waals surface area contributed by atoms with E-state index in [4.69, 9.17) is 16.6 Å². The number of unbranched alkanes of at least 4 members (excludes halogenated alkanes) is 1. The van der Waals surface area contributed by atoms with E-state index in [1.165, 1.54) is 0 Å². The fourth-order valence-electron chi connectivity index (χ4n) is 3.51. The smallest absolute Gasteiger partial charge is 0.315 e. The highest BCUT2D eigenvalue weighted by Gasteiger charge is 2.25. The Morgan fingerprint density at radius 3 is 2.67 bits per heavy atom. The number of halogens is 1. The molecule has 30 heavy (non-hydrogen) atoms. The maximum atomic E-state index is 13.1. The van der Waals surface area contributed by atoms with E-state index in [-0.39, 0.29) is 17.6 Å². The third-order valence-corrected chi connectivity index (χ3v) is 5.37. The number of nitrogens with one attached hydrogen (secondary N) is 1. The van der Waals surface area contributed by atoms with Gasteiger partial charge in [0.2, 0.25) is 0 Å². The predicted molar refractivity (Wildman–Crippen MR) is 122 cm³/mol. The van der Waals surface area contributed by atoms with Crippen molar-refractivity contribution >= 4 is 34.2 Å². The Morgan fingerprint density at radius 2 is 1.97 bits per heavy atom. The fraction of sp³-hybridized carbons (Fsp3) is 0.348. The number of amides is 2. The molecular formula is C23H27ClN4O2. The molecule has 1 heterocycles. The molecular weight excluding hydrogens is 400 g/mol. The number of urea groups is 1. The Morgan fingerprint density at radius 1 is 1.20 bits per heavy atom. The topological polar surface area (TPSA) is 67.2 Å². The number of aromatic nitrogens is 2. The van der Waals surface area contributed by atoms with Crippen LogP contribution in [0.2, 0.25) is 5.02 Å². The third-order valence-electron chi connectivity index (χ3n) is 5.14. The van der Waals surface area contributed by atoms with E-state index in [0.717, 1.165) is 12.8 Å². The SMILES string of the molecule is CCCCN(C(=O)Nc1cccc(Cl)c1)C(C)c1nc2ccccc2c(=O)n1CC. The lowest BCUT2D eigenvalue weighted by Crippen LogP contribution is -2.40. The van der Waals surface area contributed by atoms with Crippen LogP contribution in [-0.4, -0.2) is 27.0 Å². The van der Waals surface area contributed by atoms with Crippen molar-refractivity contribution in [1.29, 1.82) is 0 Å². The van der Waals surface area contributed by atoms with Crippen molar-refractivity contribution in [3.05, 3.63) is 69.7 Å². The Hall–Kier alpha value is -2.86. The molecule has 158 valence electrons. The van der Waals surface area contributed by atoms with Crippen LogP contribution < -0.4 is 10.9 Å². The molecule has 0 aliphatic carbocycles. The first-order valence-corrected chi connectivity index (χ1v) is 10.7. The van der Waals surface area contributed by atoms with Gasteiger partial charge in [-0.05, 0) is 50.6 Å². The number of carbonyl (C=O) groups excluding carboxylic acids is 1. The molecule has 0 bridgehead atoms. The number of benzene rings is 2. The average Bonchev–Trinajstić information content (AvgIpc) is 2.74. The number of nitrogens with zero attached hydrogens (tertiary/aromatic N) is 3. The largest absolute Gasteiger partial charge is 0.322 e. The molecule has 7 heteroatoms. The molecule has 0 spiro atoms. The van der Waals surface area contributed by atoms with Gasteiger partial charge in [-0.15, -0.1) is 0 Å². The molecule has 0 saturated carbocycles. The van der Waals surface area contributed by atoms with Crippen molar-refractivity contribution in [3.63, 3.8) is 0 Å². The van der Waals surface area contributed by atoms with Crippen molar-refractivity contribution in [1.82, 2.24) is 14.5 Å². The molecule has 3 aromatic rings. The standard InChI is InChI=1S/C23H27ClN4O2/c1-4-6-14-28(23(30)25-18-11-9-10-17(24)15-18)16(3)21-26-20-13-8-7-12-19(20)22(29)27(21)5-2/h7-13,15-16H,4-6,14H2,1-3H3,(H,25,30). The summed E-state index contributed by atoms with van der Waals surface area (Å²) < 4.78 is 1.65. The maximum absolute atomic E-state index is 13.1. The summed E-state index contributed by atoms with van der Waals surface area (Å²) in [6.07, 6.45) is 1.79. The molecule has 0 saturated heterocycles. The van der Waals surface area contributed by atoms with Crippen molar-refractivity contribution in [2.75, 3.05) is 11.9 Å². The second-order valence-corrected chi connectivity index (χ2v) is 7.64. The molecule has 3 rings (SSSR count). The molecule has 0 aliphatic heterocycles. The van der Waals surface area contributed by atoms with Gasteiger partial charge in [0.05, 0.1) is 16.9 Å². The third kappa shape index (κ3) is 4.65. The van der Waals surface area contributed by atoms with Crippen LogP contribution >= 0.6 is 11.6 Å². The van der Waals surface area contributed by atoms with Gasteiger partial charge in [-0.25, -0.2) is 9.78 Å². The summed E-state index contributed by atoms with van der Waals surface area (Å²) in [5.41, 5.74) is 1.18. The van der Waals surface area contributed by atoms with Crippen LogP contribution in [0.25, 0.3) is 10.9 Å². The Kier molecular flexibility index (Phi) is 7.11. The van der Waals surface area contributed by atoms with Crippen LogP contribution in [0.5, 0.6) is 0 Å². The molecule has 1 unspecified atom stereocenters. The van der Waals surface area contributed by atoms with Gasteiger partial charge in [0.25, 0.3) is 5.56 Å². The number of carbonyl (C=O) groups is 1. The van der Waals surface area contributed by atoms with Crippen molar-refractivity contribution < 1.29 is 4.79 Å². The van der Waals surface area contributed by atoms with Gasteiger partial charge in [-0.1, -0.05) is 43.1 Å². The van der Waals surface area contributed by atoms with Gasteiger partial charge < -0.3 is 10.2 Å². The Balaban J connectivity index is 1.99. The molecule has 1 N–H and O–H groups in total. The number of para-hydroxylation sites is 1. The highest BCUT2D eigenvalue weighted by Crippen LogP contribution is 2.23. The van der Waals surface area contributed by atoms with Crippen LogP contribution in [-0.2, 0) is 6.54 Å². The monoisotopic (exact) mass is 426 g/mol. The van der Waals surface area contributed by atoms with Crippen molar-refractivity contribution in [3.8, 4) is 0 Å². The number of fused-ring (bicyclic) bond motifs is 1. The molecule has 6 nitrogen and oxygen atoms in total. The minimum absolute atomic E-state index is 0.0874. The summed E-state index contributed by atoms with van der Waals surface area (Å²) >= 11 is 6.05. The van der Waals surface area contributed by atoms with Crippen molar-refractivity contribution in [2.24, 2.45) is 0 Å². The zero-order valence-electron chi connectivity index (χ0n) is 17.6. The number of hydrogen-bond donors (Lipinski definition) is 1. The first-order chi connectivity index (χ1) is 14.5. The van der Waals surface area contributed by atoms with Crippen LogP contribution in [0.1, 0.15) is 45.5 Å². The first-order valence-electron chi connectivity index (χ1n) is 10.3. The maximum Gasteiger partial charge on any atom is 0.322 e. The zero-order valence-corrected chi connectivity index (χ0v) is 18.3. The summed E-state index contributed by atoms with van der Waals surface area (Å²) in [6, 6.07) is 13.7. The lowest BCUT2D eigenvalue weighted by atomic mass is 10.2. The first kappa shape index (κ1) is 21.8. The molecule has 1 aromatic heterocycles. The van der Waals surface area contributed by atoms with Crippen LogP contribution in [0.15, 0.2) is 53.3 Å². The number of anilines is 1. The van der Waals surface area contributed by atoms with Gasteiger partial charge in [-0.3, -0.25) is 9.36 Å². The normalized spacial score (nSPS) is 12.0. The Labute approximate surface area is 181 Å². The summed E-state index contributed by atoms with van der Waals surface area (Å²) in [6.45, 7) is 6.94. The minimum Gasteiger partial charge on any atom is -0.315 e. The highest BCUT2D eigenvalue weighted by atomic mass is 35.5. The lowest BCUT2D eigenvalue weighted by molar-refractivity contribution is 0.187. The molecule has 0 radical (unpaired) electrons. The van der Waals surface area contributed by atoms with Crippen LogP contribution in [0, 0.1) is 0 Å². The van der Waals surface area contributed by atoms with Gasteiger partial charge in [0.15, 0.2) is 0 Å². The molecule has 2 amide bonds. The van der Waals surface area contributed by atoms with E-state index in [9.17, 15) is 9.59 Å². The van der Waals surface area contributed by atoms with Crippen LogP contribution in [0.4, 0.5) is 10.5 Å². The van der Waals surface area contributed by atoms with E-state index in [1.54, 1.807) is 39.8 Å². The predicted octanol–water partition coefficient (Wildman–Crippen LogP) is 5.47. The summed E-state index contributed by atoms with van der Waals surface area (Å²) in [5.74, 6) is 0.582. The van der Waals surface area contributed by atoms with Gasteiger partial charge >= 0.3 is 6.03 Å². The fourth-order valence-corrected chi connectivity index (χ4v) is 3.70. The van der Waals surface area contributed by atoms with Crippen LogP contribution in [0.3, 0.4) is 0 Å². The molecule has 2 aromatic carbocycles. The molecule has 0 aliphatic rings. The van der Waals surface area contributed by atoms with Gasteiger partial charge in [0.1, 0.15) is 5.82 Å². The second-order valence-electron chi connectivity index (χ2n) is 7.20. The Bertz CT molecular complexity index is 1100. The van der Waals surface area contributed by atoms with Crippen molar-refractivity contribution in [2.45, 2.75) is 46.2 Å². The van der Waals surface area contributed by atoms with E-state index in [2.05, 4.69) is 12.2 Å². The van der Waals surface area contributed by atoms with Gasteiger partial charge in [0, 0.05) is 23.8 Å².